The first kappa shape index (κ1) is 12.5. The number of benzene rings is 1. The highest BCUT2D eigenvalue weighted by molar-refractivity contribution is 14.1. The normalized spacial score (nSPS) is 11.2. The van der Waals surface area contributed by atoms with Gasteiger partial charge in [0.15, 0.2) is 0 Å². The molecule has 0 saturated heterocycles. The molecule has 1 aromatic heterocycles. The van der Waals surface area contributed by atoms with Crippen molar-refractivity contribution in [1.82, 2.24) is 4.98 Å². The van der Waals surface area contributed by atoms with Crippen molar-refractivity contribution < 1.29 is 0 Å². The van der Waals surface area contributed by atoms with E-state index in [0.29, 0.717) is 0 Å². The second kappa shape index (κ2) is 4.75. The van der Waals surface area contributed by atoms with Gasteiger partial charge in [0.2, 0.25) is 0 Å². The summed E-state index contributed by atoms with van der Waals surface area (Å²) < 4.78 is 1.21. The lowest BCUT2D eigenvalue weighted by Crippen LogP contribution is -2.13. The van der Waals surface area contributed by atoms with Gasteiger partial charge in [-0.1, -0.05) is 12.1 Å². The Labute approximate surface area is 118 Å². The van der Waals surface area contributed by atoms with E-state index in [1.165, 1.54) is 3.57 Å². The lowest BCUT2D eigenvalue weighted by Gasteiger charge is -2.09. The minimum Gasteiger partial charge on any atom is -0.240 e. The molecule has 0 saturated carbocycles. The smallest absolute Gasteiger partial charge is 0.113 e. The van der Waals surface area contributed by atoms with Crippen molar-refractivity contribution >= 4 is 33.9 Å². The monoisotopic (exact) mass is 354 g/mol. The van der Waals surface area contributed by atoms with Gasteiger partial charge in [-0.2, -0.15) is 5.26 Å². The molecule has 1 heterocycles. The molecule has 0 spiro atoms. The van der Waals surface area contributed by atoms with Crippen LogP contribution in [-0.4, -0.2) is 4.98 Å². The average Bonchev–Trinajstić information content (AvgIpc) is 2.80. The van der Waals surface area contributed by atoms with Gasteiger partial charge in [-0.3, -0.25) is 0 Å². The molecule has 4 heteroatoms. The van der Waals surface area contributed by atoms with Gasteiger partial charge >= 0.3 is 0 Å². The Morgan fingerprint density at radius 2 is 1.94 bits per heavy atom. The number of hydrogen-bond acceptors (Lipinski definition) is 3. The van der Waals surface area contributed by atoms with Crippen LogP contribution in [-0.2, 0) is 5.41 Å². The maximum Gasteiger partial charge on any atom is 0.113 e. The van der Waals surface area contributed by atoms with Crippen LogP contribution in [0.3, 0.4) is 0 Å². The summed E-state index contributed by atoms with van der Waals surface area (Å²) in [6.07, 6.45) is 0. The summed E-state index contributed by atoms with van der Waals surface area (Å²) in [4.78, 5) is 4.55. The van der Waals surface area contributed by atoms with Crippen molar-refractivity contribution in [2.24, 2.45) is 0 Å². The second-order valence-corrected chi connectivity index (χ2v) is 6.39. The molecule has 0 atom stereocenters. The van der Waals surface area contributed by atoms with Crippen molar-refractivity contribution in [3.63, 3.8) is 0 Å². The van der Waals surface area contributed by atoms with E-state index in [1.54, 1.807) is 11.3 Å². The number of nitriles is 1. The molecule has 0 aliphatic rings. The fourth-order valence-corrected chi connectivity index (χ4v) is 2.62. The molecule has 2 rings (SSSR count). The molecule has 2 nitrogen and oxygen atoms in total. The predicted molar refractivity (Wildman–Crippen MR) is 78.9 cm³/mol. The highest BCUT2D eigenvalue weighted by Crippen LogP contribution is 2.29. The quantitative estimate of drug-likeness (QED) is 0.758. The zero-order chi connectivity index (χ0) is 12.5. The molecule has 1 aromatic carbocycles. The van der Waals surface area contributed by atoms with Gasteiger partial charge in [0, 0.05) is 14.5 Å². The maximum absolute atomic E-state index is 9.08. The first-order valence-corrected chi connectivity index (χ1v) is 7.12. The van der Waals surface area contributed by atoms with E-state index in [9.17, 15) is 0 Å². The fraction of sp³-hybridized carbons (Fsp3) is 0.231. The Balaban J connectivity index is 2.37. The van der Waals surface area contributed by atoms with E-state index in [4.69, 9.17) is 5.26 Å². The first-order chi connectivity index (χ1) is 8.03. The molecular weight excluding hydrogens is 343 g/mol. The van der Waals surface area contributed by atoms with Crippen molar-refractivity contribution in [1.29, 1.82) is 5.26 Å². The van der Waals surface area contributed by atoms with Crippen LogP contribution in [0.4, 0.5) is 0 Å². The summed E-state index contributed by atoms with van der Waals surface area (Å²) in [7, 11) is 0. The molecule has 0 unspecified atom stereocenters. The fourth-order valence-electron chi connectivity index (χ4n) is 1.36. The van der Waals surface area contributed by atoms with E-state index in [0.717, 1.165) is 16.3 Å². The molecule has 0 fully saturated rings. The predicted octanol–water partition coefficient (Wildman–Crippen LogP) is 4.22. The zero-order valence-electron chi connectivity index (χ0n) is 9.57. The van der Waals surface area contributed by atoms with Crippen LogP contribution >= 0.6 is 33.9 Å². The van der Waals surface area contributed by atoms with Gasteiger partial charge in [-0.05, 0) is 48.6 Å². The van der Waals surface area contributed by atoms with E-state index >= 15 is 0 Å². The highest BCUT2D eigenvalue weighted by atomic mass is 127. The van der Waals surface area contributed by atoms with E-state index < -0.39 is 5.41 Å². The molecule has 0 aliphatic carbocycles. The Morgan fingerprint density at radius 1 is 1.29 bits per heavy atom. The van der Waals surface area contributed by atoms with E-state index in [-0.39, 0.29) is 0 Å². The lowest BCUT2D eigenvalue weighted by molar-refractivity contribution is 0.680. The third kappa shape index (κ3) is 2.67. The summed E-state index contributed by atoms with van der Waals surface area (Å²) in [5, 5.41) is 12.0. The van der Waals surface area contributed by atoms with Gasteiger partial charge in [0.05, 0.1) is 11.8 Å². The van der Waals surface area contributed by atoms with E-state index in [1.807, 2.05) is 19.2 Å². The molecule has 2 aromatic rings. The third-order valence-corrected chi connectivity index (χ3v) is 4.34. The summed E-state index contributed by atoms with van der Waals surface area (Å²) in [5.41, 5.74) is 1.54. The maximum atomic E-state index is 9.08. The Hall–Kier alpha value is -0.930. The number of aromatic nitrogens is 1. The minimum atomic E-state index is -0.508. The topological polar surface area (TPSA) is 36.7 Å². The Bertz CT molecular complexity index is 564. The Kier molecular flexibility index (Phi) is 3.50. The number of halogens is 1. The summed E-state index contributed by atoms with van der Waals surface area (Å²) in [6.45, 7) is 3.78. The number of thiazole rings is 1. The standard InChI is InChI=1S/C13H11IN2S/c1-13(2,8-15)12-16-11(7-17-12)9-3-5-10(14)6-4-9/h3-7H,1-2H3. The van der Waals surface area contributed by atoms with Crippen LogP contribution in [0.2, 0.25) is 0 Å². The second-order valence-electron chi connectivity index (χ2n) is 4.28. The van der Waals surface area contributed by atoms with Gasteiger partial charge in [0.25, 0.3) is 0 Å². The number of rotatable bonds is 2. The highest BCUT2D eigenvalue weighted by Gasteiger charge is 2.23. The molecule has 17 heavy (non-hydrogen) atoms. The van der Waals surface area contributed by atoms with Crippen molar-refractivity contribution in [3.8, 4) is 17.3 Å². The van der Waals surface area contributed by atoms with Crippen molar-refractivity contribution in [2.75, 3.05) is 0 Å². The van der Waals surface area contributed by atoms with Crippen LogP contribution in [0.25, 0.3) is 11.3 Å². The molecule has 0 radical (unpaired) electrons. The first-order valence-electron chi connectivity index (χ1n) is 5.16. The van der Waals surface area contributed by atoms with Gasteiger partial charge in [0.1, 0.15) is 10.4 Å². The molecular formula is C13H11IN2S. The molecule has 86 valence electrons. The van der Waals surface area contributed by atoms with Crippen LogP contribution in [0.15, 0.2) is 29.6 Å². The number of nitrogens with zero attached hydrogens (tertiary/aromatic N) is 2. The lowest BCUT2D eigenvalue weighted by atomic mass is 9.97. The largest absolute Gasteiger partial charge is 0.240 e. The van der Waals surface area contributed by atoms with Crippen LogP contribution < -0.4 is 0 Å². The molecule has 0 bridgehead atoms. The molecule has 0 N–H and O–H groups in total. The van der Waals surface area contributed by atoms with Gasteiger partial charge in [-0.25, -0.2) is 4.98 Å². The third-order valence-electron chi connectivity index (χ3n) is 2.46. The summed E-state index contributed by atoms with van der Waals surface area (Å²) in [5.74, 6) is 0. The molecule has 0 amide bonds. The van der Waals surface area contributed by atoms with Crippen LogP contribution in [0, 0.1) is 14.9 Å². The molecule has 0 aliphatic heterocycles. The van der Waals surface area contributed by atoms with Gasteiger partial charge < -0.3 is 0 Å². The van der Waals surface area contributed by atoms with Crippen LogP contribution in [0.1, 0.15) is 18.9 Å². The number of hydrogen-bond donors (Lipinski definition) is 0. The minimum absolute atomic E-state index is 0.508. The van der Waals surface area contributed by atoms with E-state index in [2.05, 4.69) is 57.9 Å². The zero-order valence-corrected chi connectivity index (χ0v) is 12.5. The van der Waals surface area contributed by atoms with Gasteiger partial charge in [-0.15, -0.1) is 11.3 Å². The average molecular weight is 354 g/mol. The summed E-state index contributed by atoms with van der Waals surface area (Å²) in [6, 6.07) is 10.5. The van der Waals surface area contributed by atoms with Crippen LogP contribution in [0.5, 0.6) is 0 Å². The Morgan fingerprint density at radius 3 is 2.53 bits per heavy atom. The van der Waals surface area contributed by atoms with Crippen molar-refractivity contribution in [2.45, 2.75) is 19.3 Å². The van der Waals surface area contributed by atoms with Crippen molar-refractivity contribution in [3.05, 3.63) is 38.2 Å². The summed E-state index contributed by atoms with van der Waals surface area (Å²) >= 11 is 3.82. The SMILES string of the molecule is CC(C)(C#N)c1nc(-c2ccc(I)cc2)cs1.